The van der Waals surface area contributed by atoms with Crippen LogP contribution in [0.2, 0.25) is 0 Å². The summed E-state index contributed by atoms with van der Waals surface area (Å²) in [5.41, 5.74) is 2.73. The summed E-state index contributed by atoms with van der Waals surface area (Å²) in [4.78, 5) is 43.0. The molecule has 3 aromatic rings. The van der Waals surface area contributed by atoms with Gasteiger partial charge in [-0.15, -0.1) is 0 Å². The van der Waals surface area contributed by atoms with Crippen molar-refractivity contribution in [3.8, 4) is 0 Å². The predicted octanol–water partition coefficient (Wildman–Crippen LogP) is 3.70. The molecule has 0 N–H and O–H groups in total. The van der Waals surface area contributed by atoms with Crippen LogP contribution in [-0.4, -0.2) is 52.1 Å². The van der Waals surface area contributed by atoms with E-state index < -0.39 is 0 Å². The van der Waals surface area contributed by atoms with Gasteiger partial charge in [0.25, 0.3) is 5.91 Å². The summed E-state index contributed by atoms with van der Waals surface area (Å²) < 4.78 is 1.83. The van der Waals surface area contributed by atoms with Crippen molar-refractivity contribution in [1.82, 2.24) is 14.5 Å². The zero-order chi connectivity index (χ0) is 25.2. The molecule has 7 heteroatoms. The number of aromatic nitrogens is 1. The van der Waals surface area contributed by atoms with Crippen molar-refractivity contribution in [2.75, 3.05) is 24.8 Å². The third kappa shape index (κ3) is 4.41. The number of hydrogen-bond acceptors (Lipinski definition) is 4. The molecule has 1 aromatic heterocycles. The Morgan fingerprint density at radius 2 is 1.47 bits per heavy atom. The van der Waals surface area contributed by atoms with Gasteiger partial charge in [-0.2, -0.15) is 0 Å². The van der Waals surface area contributed by atoms with Gasteiger partial charge in [0.2, 0.25) is 5.91 Å². The molecule has 3 heterocycles. The Hall–Kier alpha value is -3.87. The van der Waals surface area contributed by atoms with Gasteiger partial charge in [-0.05, 0) is 37.8 Å². The first-order chi connectivity index (χ1) is 17.5. The normalized spacial score (nSPS) is 16.4. The summed E-state index contributed by atoms with van der Waals surface area (Å²) in [6.45, 7) is 5.49. The van der Waals surface area contributed by atoms with Crippen LogP contribution >= 0.6 is 0 Å². The van der Waals surface area contributed by atoms with Gasteiger partial charge >= 0.3 is 0 Å². The first-order valence-corrected chi connectivity index (χ1v) is 12.6. The highest BCUT2D eigenvalue weighted by atomic mass is 16.2. The first kappa shape index (κ1) is 23.9. The lowest BCUT2D eigenvalue weighted by Gasteiger charge is -2.46. The van der Waals surface area contributed by atoms with E-state index in [9.17, 15) is 14.4 Å². The van der Waals surface area contributed by atoms with Gasteiger partial charge in [-0.25, -0.2) is 0 Å². The molecular formula is C29H32N4O3. The maximum Gasteiger partial charge on any atom is 0.274 e. The number of likely N-dealkylation sites (tertiary alicyclic amines) is 1. The molecule has 1 atom stereocenters. The van der Waals surface area contributed by atoms with Crippen LogP contribution in [0.25, 0.3) is 0 Å². The summed E-state index contributed by atoms with van der Waals surface area (Å²) in [7, 11) is 0. The topological polar surface area (TPSA) is 65.9 Å². The van der Waals surface area contributed by atoms with E-state index in [0.717, 1.165) is 37.1 Å². The average molecular weight is 485 g/mol. The fraction of sp³-hybridized carbons (Fsp3) is 0.345. The summed E-state index contributed by atoms with van der Waals surface area (Å²) >= 11 is 0. The molecular weight excluding hydrogens is 452 g/mol. The number of benzene rings is 2. The maximum atomic E-state index is 13.8. The number of pyridine rings is 1. The molecule has 2 aromatic carbocycles. The van der Waals surface area contributed by atoms with Gasteiger partial charge in [0.05, 0.1) is 6.04 Å². The van der Waals surface area contributed by atoms with Crippen LogP contribution in [0, 0.1) is 6.92 Å². The van der Waals surface area contributed by atoms with Crippen LogP contribution in [0.1, 0.15) is 59.4 Å². The Balaban J connectivity index is 1.58. The molecule has 1 saturated heterocycles. The molecule has 0 radical (unpaired) electrons. The fourth-order valence-corrected chi connectivity index (χ4v) is 5.33. The summed E-state index contributed by atoms with van der Waals surface area (Å²) in [5.74, 6) is -0.141. The Labute approximate surface area is 211 Å². The van der Waals surface area contributed by atoms with Crippen LogP contribution in [0.3, 0.4) is 0 Å². The van der Waals surface area contributed by atoms with Gasteiger partial charge in [0.1, 0.15) is 12.4 Å². The zero-order valence-electron chi connectivity index (χ0n) is 20.8. The van der Waals surface area contributed by atoms with E-state index in [4.69, 9.17) is 0 Å². The molecule has 0 bridgehead atoms. The van der Waals surface area contributed by atoms with Crippen molar-refractivity contribution < 1.29 is 9.59 Å². The number of carbonyl (C=O) groups excluding carboxylic acids is 2. The van der Waals surface area contributed by atoms with E-state index in [1.54, 1.807) is 18.0 Å². The molecule has 5 rings (SSSR count). The van der Waals surface area contributed by atoms with E-state index in [0.29, 0.717) is 11.3 Å². The Morgan fingerprint density at radius 3 is 2.06 bits per heavy atom. The number of amides is 2. The Bertz CT molecular complexity index is 1260. The lowest BCUT2D eigenvalue weighted by molar-refractivity contribution is -0.131. The van der Waals surface area contributed by atoms with Crippen LogP contribution in [0.4, 0.5) is 0 Å². The second-order valence-electron chi connectivity index (χ2n) is 9.72. The van der Waals surface area contributed by atoms with Crippen molar-refractivity contribution in [3.63, 3.8) is 0 Å². The number of rotatable bonds is 6. The smallest absolute Gasteiger partial charge is 0.274 e. The minimum Gasteiger partial charge on any atom is -0.343 e. The number of carbonyl (C=O) groups is 2. The highest BCUT2D eigenvalue weighted by Crippen LogP contribution is 2.32. The van der Waals surface area contributed by atoms with Crippen LogP contribution in [0.15, 0.2) is 77.7 Å². The minimum absolute atomic E-state index is 0.0785. The number of nitrogens with zero attached hydrogens (tertiary/aromatic N) is 4. The molecule has 2 aliphatic heterocycles. The van der Waals surface area contributed by atoms with E-state index in [1.165, 1.54) is 6.07 Å². The van der Waals surface area contributed by atoms with E-state index in [2.05, 4.69) is 29.3 Å². The monoisotopic (exact) mass is 484 g/mol. The minimum atomic E-state index is -0.316. The zero-order valence-corrected chi connectivity index (χ0v) is 20.8. The molecule has 1 fully saturated rings. The Morgan fingerprint density at radius 1 is 0.889 bits per heavy atom. The van der Waals surface area contributed by atoms with Crippen LogP contribution in [0.5, 0.6) is 0 Å². The summed E-state index contributed by atoms with van der Waals surface area (Å²) in [6.07, 6.45) is 4.01. The molecule has 0 saturated carbocycles. The third-order valence-corrected chi connectivity index (χ3v) is 7.35. The second-order valence-corrected chi connectivity index (χ2v) is 9.72. The highest BCUT2D eigenvalue weighted by molar-refractivity contribution is 5.95. The van der Waals surface area contributed by atoms with Gasteiger partial charge in [-0.1, -0.05) is 60.7 Å². The molecule has 36 heavy (non-hydrogen) atoms. The summed E-state index contributed by atoms with van der Waals surface area (Å²) in [5, 5.41) is 2.12. The van der Waals surface area contributed by atoms with E-state index in [1.807, 2.05) is 52.9 Å². The average Bonchev–Trinajstić information content (AvgIpc) is 3.44. The van der Waals surface area contributed by atoms with Crippen LogP contribution in [-0.2, 0) is 4.79 Å². The molecule has 1 unspecified atom stereocenters. The van der Waals surface area contributed by atoms with Crippen LogP contribution < -0.4 is 10.4 Å². The van der Waals surface area contributed by atoms with Gasteiger partial charge in [0, 0.05) is 43.4 Å². The predicted molar refractivity (Wildman–Crippen MR) is 139 cm³/mol. The van der Waals surface area contributed by atoms with Gasteiger partial charge in [-0.3, -0.25) is 24.1 Å². The Kier molecular flexibility index (Phi) is 6.63. The van der Waals surface area contributed by atoms with Crippen molar-refractivity contribution in [2.24, 2.45) is 0 Å². The largest absolute Gasteiger partial charge is 0.343 e. The first-order valence-electron chi connectivity index (χ1n) is 12.6. The molecule has 7 nitrogen and oxygen atoms in total. The number of fused-ring (bicyclic) bond motifs is 1. The van der Waals surface area contributed by atoms with Crippen molar-refractivity contribution in [2.45, 2.75) is 45.2 Å². The quantitative estimate of drug-likeness (QED) is 0.535. The van der Waals surface area contributed by atoms with Gasteiger partial charge in [0.15, 0.2) is 5.43 Å². The lowest BCUT2D eigenvalue weighted by atomic mass is 9.97. The molecule has 2 amide bonds. The van der Waals surface area contributed by atoms with Gasteiger partial charge < -0.3 is 9.80 Å². The summed E-state index contributed by atoms with van der Waals surface area (Å²) in [6, 6.07) is 21.3. The highest BCUT2D eigenvalue weighted by Gasteiger charge is 2.38. The SMILES string of the molecule is Cc1c2n(ccc1=O)N(C(c1ccccc1)c1ccccc1)CN(C(C)CC(=O)N1CCCC1)C2=O. The molecule has 0 spiro atoms. The van der Waals surface area contributed by atoms with E-state index >= 15 is 0 Å². The van der Waals surface area contributed by atoms with Crippen molar-refractivity contribution in [1.29, 1.82) is 0 Å². The molecule has 186 valence electrons. The van der Waals surface area contributed by atoms with Crippen molar-refractivity contribution >= 4 is 11.8 Å². The lowest BCUT2D eigenvalue weighted by Crippen LogP contribution is -2.58. The maximum absolute atomic E-state index is 13.8. The molecule has 0 aliphatic carbocycles. The standard InChI is InChI=1S/C29H32N4O3/c1-21(19-26(35)30-16-9-10-17-30)31-20-33(32-18-15-25(34)22(2)27(32)29(31)36)28(23-11-5-3-6-12-23)24-13-7-4-8-14-24/h3-8,11-15,18,21,28H,9-10,16-17,19-20H2,1-2H3. The fourth-order valence-electron chi connectivity index (χ4n) is 5.33. The van der Waals surface area contributed by atoms with E-state index in [-0.39, 0.29) is 42.4 Å². The number of hydrogen-bond donors (Lipinski definition) is 0. The second kappa shape index (κ2) is 10.0. The van der Waals surface area contributed by atoms with Crippen molar-refractivity contribution in [3.05, 3.63) is 106 Å². The third-order valence-electron chi connectivity index (χ3n) is 7.35. The molecule has 2 aliphatic rings.